The lowest BCUT2D eigenvalue weighted by Crippen LogP contribution is -2.33. The number of hydrogen-bond acceptors (Lipinski definition) is 2. The number of nitrogens with zero attached hydrogens (tertiary/aromatic N) is 2. The lowest BCUT2D eigenvalue weighted by atomic mass is 9.82. The summed E-state index contributed by atoms with van der Waals surface area (Å²) in [6.45, 7) is 6.13. The van der Waals surface area contributed by atoms with Crippen LogP contribution in [0.25, 0.3) is 0 Å². The van der Waals surface area contributed by atoms with Crippen LogP contribution in [0, 0.1) is 5.41 Å². The van der Waals surface area contributed by atoms with E-state index < -0.39 is 0 Å². The maximum absolute atomic E-state index is 5.81. The number of rotatable bonds is 5. The first kappa shape index (κ1) is 10.3. The van der Waals surface area contributed by atoms with Crippen molar-refractivity contribution >= 4 is 0 Å². The van der Waals surface area contributed by atoms with Gasteiger partial charge in [0.25, 0.3) is 0 Å². The van der Waals surface area contributed by atoms with E-state index in [0.29, 0.717) is 0 Å². The Hall–Kier alpha value is -0.830. The highest BCUT2D eigenvalue weighted by Crippen LogP contribution is 2.26. The molecule has 0 unspecified atom stereocenters. The lowest BCUT2D eigenvalue weighted by molar-refractivity contribution is 0.229. The van der Waals surface area contributed by atoms with E-state index in [9.17, 15) is 0 Å². The SMILES string of the molecule is CCC(CC)(CN)Cn1ccnc1. The summed E-state index contributed by atoms with van der Waals surface area (Å²) >= 11 is 0. The minimum atomic E-state index is 0.251. The van der Waals surface area contributed by atoms with Crippen LogP contribution in [0.15, 0.2) is 18.7 Å². The molecule has 0 saturated carbocycles. The molecule has 3 nitrogen and oxygen atoms in total. The van der Waals surface area contributed by atoms with Gasteiger partial charge in [0.15, 0.2) is 0 Å². The fourth-order valence-corrected chi connectivity index (χ4v) is 1.59. The average molecular weight is 181 g/mol. The summed E-state index contributed by atoms with van der Waals surface area (Å²) in [7, 11) is 0. The second-order valence-corrected chi connectivity index (χ2v) is 3.65. The van der Waals surface area contributed by atoms with Crippen molar-refractivity contribution in [1.29, 1.82) is 0 Å². The molecule has 0 spiro atoms. The molecule has 13 heavy (non-hydrogen) atoms. The molecule has 1 aromatic heterocycles. The van der Waals surface area contributed by atoms with E-state index in [4.69, 9.17) is 5.73 Å². The van der Waals surface area contributed by atoms with Gasteiger partial charge in [-0.3, -0.25) is 0 Å². The largest absolute Gasteiger partial charge is 0.337 e. The van der Waals surface area contributed by atoms with E-state index in [1.165, 1.54) is 0 Å². The Morgan fingerprint density at radius 1 is 1.38 bits per heavy atom. The highest BCUT2D eigenvalue weighted by atomic mass is 15.0. The van der Waals surface area contributed by atoms with Crippen LogP contribution in [0.4, 0.5) is 0 Å². The third-order valence-corrected chi connectivity index (χ3v) is 3.01. The summed E-state index contributed by atoms with van der Waals surface area (Å²) in [6.07, 6.45) is 7.91. The topological polar surface area (TPSA) is 43.8 Å². The van der Waals surface area contributed by atoms with Crippen molar-refractivity contribution in [2.45, 2.75) is 33.2 Å². The zero-order chi connectivity index (χ0) is 9.73. The molecule has 0 bridgehead atoms. The van der Waals surface area contributed by atoms with Gasteiger partial charge in [0.1, 0.15) is 0 Å². The van der Waals surface area contributed by atoms with Gasteiger partial charge in [0.2, 0.25) is 0 Å². The molecule has 0 fully saturated rings. The van der Waals surface area contributed by atoms with Gasteiger partial charge in [0.05, 0.1) is 6.33 Å². The fraction of sp³-hybridized carbons (Fsp3) is 0.700. The van der Waals surface area contributed by atoms with Gasteiger partial charge >= 0.3 is 0 Å². The molecule has 0 saturated heterocycles. The highest BCUT2D eigenvalue weighted by molar-refractivity contribution is 4.83. The van der Waals surface area contributed by atoms with Gasteiger partial charge in [-0.05, 0) is 19.4 Å². The van der Waals surface area contributed by atoms with E-state index in [2.05, 4.69) is 23.4 Å². The monoisotopic (exact) mass is 181 g/mol. The fourth-order valence-electron chi connectivity index (χ4n) is 1.59. The number of imidazole rings is 1. The minimum Gasteiger partial charge on any atom is -0.337 e. The van der Waals surface area contributed by atoms with Crippen LogP contribution >= 0.6 is 0 Å². The van der Waals surface area contributed by atoms with Crippen LogP contribution in [0.2, 0.25) is 0 Å². The number of aromatic nitrogens is 2. The van der Waals surface area contributed by atoms with Crippen molar-refractivity contribution in [1.82, 2.24) is 9.55 Å². The highest BCUT2D eigenvalue weighted by Gasteiger charge is 2.24. The summed E-state index contributed by atoms with van der Waals surface area (Å²) in [5, 5.41) is 0. The molecule has 1 rings (SSSR count). The van der Waals surface area contributed by atoms with Gasteiger partial charge in [0, 0.05) is 24.4 Å². The maximum atomic E-state index is 5.81. The molecule has 2 N–H and O–H groups in total. The molecule has 1 heterocycles. The summed E-state index contributed by atoms with van der Waals surface area (Å²) < 4.78 is 2.11. The Balaban J connectivity index is 2.67. The Bertz CT molecular complexity index is 216. The average Bonchev–Trinajstić information content (AvgIpc) is 2.67. The van der Waals surface area contributed by atoms with Crippen LogP contribution < -0.4 is 5.73 Å². The molecule has 0 amide bonds. The van der Waals surface area contributed by atoms with Crippen molar-refractivity contribution in [3.8, 4) is 0 Å². The maximum Gasteiger partial charge on any atom is 0.0946 e. The zero-order valence-electron chi connectivity index (χ0n) is 8.53. The summed E-state index contributed by atoms with van der Waals surface area (Å²) in [6, 6.07) is 0. The molecule has 0 aliphatic rings. The summed E-state index contributed by atoms with van der Waals surface area (Å²) in [5.74, 6) is 0. The van der Waals surface area contributed by atoms with Gasteiger partial charge in [-0.15, -0.1) is 0 Å². The van der Waals surface area contributed by atoms with Gasteiger partial charge < -0.3 is 10.3 Å². The molecule has 0 radical (unpaired) electrons. The Morgan fingerprint density at radius 3 is 2.46 bits per heavy atom. The van der Waals surface area contributed by atoms with Gasteiger partial charge in [-0.1, -0.05) is 13.8 Å². The van der Waals surface area contributed by atoms with Crippen LogP contribution in [0.5, 0.6) is 0 Å². The third kappa shape index (κ3) is 2.31. The molecular weight excluding hydrogens is 162 g/mol. The molecule has 0 atom stereocenters. The molecular formula is C10H19N3. The smallest absolute Gasteiger partial charge is 0.0946 e. The van der Waals surface area contributed by atoms with Crippen molar-refractivity contribution in [3.05, 3.63) is 18.7 Å². The third-order valence-electron chi connectivity index (χ3n) is 3.01. The van der Waals surface area contributed by atoms with Crippen LogP contribution in [-0.4, -0.2) is 16.1 Å². The van der Waals surface area contributed by atoms with E-state index in [1.807, 2.05) is 18.7 Å². The van der Waals surface area contributed by atoms with Crippen LogP contribution in [-0.2, 0) is 6.54 Å². The molecule has 0 aliphatic heterocycles. The summed E-state index contributed by atoms with van der Waals surface area (Å²) in [5.41, 5.74) is 6.06. The Kier molecular flexibility index (Phi) is 3.48. The molecule has 0 aromatic carbocycles. The quantitative estimate of drug-likeness (QED) is 0.750. The van der Waals surface area contributed by atoms with E-state index in [1.54, 1.807) is 0 Å². The first-order chi connectivity index (χ1) is 6.26. The molecule has 3 heteroatoms. The minimum absolute atomic E-state index is 0.251. The standard InChI is InChI=1S/C10H19N3/c1-3-10(4-2,7-11)8-13-6-5-12-9-13/h5-6,9H,3-4,7-8,11H2,1-2H3. The van der Waals surface area contributed by atoms with E-state index >= 15 is 0 Å². The van der Waals surface area contributed by atoms with Gasteiger partial charge in [-0.2, -0.15) is 0 Å². The predicted octanol–water partition coefficient (Wildman–Crippen LogP) is 1.65. The summed E-state index contributed by atoms with van der Waals surface area (Å²) in [4.78, 5) is 4.03. The van der Waals surface area contributed by atoms with Gasteiger partial charge in [-0.25, -0.2) is 4.98 Å². The second-order valence-electron chi connectivity index (χ2n) is 3.65. The molecule has 1 aromatic rings. The van der Waals surface area contributed by atoms with Crippen molar-refractivity contribution in [2.75, 3.05) is 6.54 Å². The van der Waals surface area contributed by atoms with Crippen LogP contribution in [0.1, 0.15) is 26.7 Å². The van der Waals surface area contributed by atoms with Crippen molar-refractivity contribution in [3.63, 3.8) is 0 Å². The predicted molar refractivity (Wildman–Crippen MR) is 54.3 cm³/mol. The first-order valence-electron chi connectivity index (χ1n) is 4.92. The van der Waals surface area contributed by atoms with Crippen molar-refractivity contribution in [2.24, 2.45) is 11.1 Å². The normalized spacial score (nSPS) is 11.9. The number of hydrogen-bond donors (Lipinski definition) is 1. The second kappa shape index (κ2) is 4.42. The molecule has 0 aliphatic carbocycles. The first-order valence-corrected chi connectivity index (χ1v) is 4.92. The zero-order valence-corrected chi connectivity index (χ0v) is 8.53. The number of nitrogens with two attached hydrogens (primary N) is 1. The van der Waals surface area contributed by atoms with E-state index in [-0.39, 0.29) is 5.41 Å². The van der Waals surface area contributed by atoms with Crippen LogP contribution in [0.3, 0.4) is 0 Å². The molecule has 74 valence electrons. The lowest BCUT2D eigenvalue weighted by Gasteiger charge is -2.30. The Labute approximate surface area is 80.0 Å². The Morgan fingerprint density at radius 2 is 2.08 bits per heavy atom. The van der Waals surface area contributed by atoms with Crippen molar-refractivity contribution < 1.29 is 0 Å². The van der Waals surface area contributed by atoms with E-state index in [0.717, 1.165) is 25.9 Å².